The first-order valence-corrected chi connectivity index (χ1v) is 6.22. The van der Waals surface area contributed by atoms with E-state index in [4.69, 9.17) is 22.5 Å². The molecule has 1 aromatic rings. The highest BCUT2D eigenvalue weighted by molar-refractivity contribution is 7.89. The monoisotopic (exact) mass is 261 g/mol. The number of halogens is 1. The van der Waals surface area contributed by atoms with Crippen LogP contribution in [0.15, 0.2) is 34.7 Å². The molecule has 0 saturated carbocycles. The summed E-state index contributed by atoms with van der Waals surface area (Å²) in [6, 6.07) is 4.36. The van der Waals surface area contributed by atoms with Crippen molar-refractivity contribution in [2.45, 2.75) is 4.90 Å². The predicted octanol–water partition coefficient (Wildman–Crippen LogP) is 1.08. The van der Waals surface area contributed by atoms with E-state index in [0.29, 0.717) is 17.3 Å². The van der Waals surface area contributed by atoms with E-state index in [9.17, 15) is 8.42 Å². The van der Waals surface area contributed by atoms with Crippen molar-refractivity contribution in [1.82, 2.24) is 0 Å². The van der Waals surface area contributed by atoms with Crippen LogP contribution in [0.5, 0.6) is 0 Å². The van der Waals surface area contributed by atoms with Gasteiger partial charge in [-0.3, -0.25) is 0 Å². The molecule has 0 heterocycles. The third kappa shape index (κ3) is 3.41. The lowest BCUT2D eigenvalue weighted by atomic mass is 10.3. The Morgan fingerprint density at radius 2 is 2.12 bits per heavy atom. The lowest BCUT2D eigenvalue weighted by molar-refractivity contribution is 0.598. The van der Waals surface area contributed by atoms with Gasteiger partial charge in [0.1, 0.15) is 4.90 Å². The fraction of sp³-hybridized carbons (Fsp3) is 0.111. The second kappa shape index (κ2) is 4.73. The van der Waals surface area contributed by atoms with Crippen molar-refractivity contribution in [1.29, 1.82) is 0 Å². The SMILES string of the molecule is C=C(Cl)CNc1ccc(S(N)(=O)=O)c(N)c1. The topological polar surface area (TPSA) is 98.2 Å². The standard InChI is InChI=1S/C9H12ClN3O2S/c1-6(10)5-13-7-2-3-9(8(11)4-7)16(12,14)15/h2-4,13H,1,5,11H2,(H2,12,14,15). The van der Waals surface area contributed by atoms with Crippen LogP contribution >= 0.6 is 11.6 Å². The van der Waals surface area contributed by atoms with E-state index < -0.39 is 10.0 Å². The fourth-order valence-corrected chi connectivity index (χ4v) is 1.83. The Balaban J connectivity index is 2.96. The summed E-state index contributed by atoms with van der Waals surface area (Å²) in [4.78, 5) is -0.0947. The van der Waals surface area contributed by atoms with Crippen LogP contribution < -0.4 is 16.2 Å². The van der Waals surface area contributed by atoms with Crippen LogP contribution in [0.1, 0.15) is 0 Å². The first-order chi connectivity index (χ1) is 7.30. The van der Waals surface area contributed by atoms with Crippen molar-refractivity contribution in [2.75, 3.05) is 17.6 Å². The summed E-state index contributed by atoms with van der Waals surface area (Å²) >= 11 is 5.57. The summed E-state index contributed by atoms with van der Waals surface area (Å²) in [5.41, 5.74) is 6.29. The van der Waals surface area contributed by atoms with Crippen LogP contribution in [0.2, 0.25) is 0 Å². The molecule has 0 amide bonds. The maximum absolute atomic E-state index is 11.1. The van der Waals surface area contributed by atoms with E-state index in [1.54, 1.807) is 6.07 Å². The molecule has 0 fully saturated rings. The molecule has 0 unspecified atom stereocenters. The summed E-state index contributed by atoms with van der Waals surface area (Å²) in [5.74, 6) is 0. The number of nitrogen functional groups attached to an aromatic ring is 1. The van der Waals surface area contributed by atoms with Crippen LogP contribution in [0.3, 0.4) is 0 Å². The summed E-state index contributed by atoms with van der Waals surface area (Å²) in [6.07, 6.45) is 0. The quantitative estimate of drug-likeness (QED) is 0.707. The summed E-state index contributed by atoms with van der Waals surface area (Å²) in [5, 5.41) is 8.32. The molecule has 7 heteroatoms. The van der Waals surface area contributed by atoms with Crippen molar-refractivity contribution < 1.29 is 8.42 Å². The molecule has 0 spiro atoms. The highest BCUT2D eigenvalue weighted by Gasteiger charge is 2.11. The van der Waals surface area contributed by atoms with E-state index in [1.165, 1.54) is 12.1 Å². The largest absolute Gasteiger partial charge is 0.398 e. The maximum Gasteiger partial charge on any atom is 0.240 e. The molecular weight excluding hydrogens is 250 g/mol. The Morgan fingerprint density at radius 3 is 2.56 bits per heavy atom. The van der Waals surface area contributed by atoms with Gasteiger partial charge in [0.2, 0.25) is 10.0 Å². The summed E-state index contributed by atoms with van der Waals surface area (Å²) < 4.78 is 22.1. The number of anilines is 2. The highest BCUT2D eigenvalue weighted by Crippen LogP contribution is 2.21. The predicted molar refractivity (Wildman–Crippen MR) is 65.7 cm³/mol. The summed E-state index contributed by atoms with van der Waals surface area (Å²) in [6.45, 7) is 3.88. The first-order valence-electron chi connectivity index (χ1n) is 4.30. The second-order valence-electron chi connectivity index (χ2n) is 3.17. The van der Waals surface area contributed by atoms with E-state index in [2.05, 4.69) is 11.9 Å². The maximum atomic E-state index is 11.1. The molecule has 5 nitrogen and oxygen atoms in total. The highest BCUT2D eigenvalue weighted by atomic mass is 35.5. The molecule has 0 aliphatic heterocycles. The molecule has 0 atom stereocenters. The van der Waals surface area contributed by atoms with E-state index in [0.717, 1.165) is 0 Å². The van der Waals surface area contributed by atoms with Gasteiger partial charge in [-0.1, -0.05) is 18.2 Å². The molecule has 0 aliphatic carbocycles. The zero-order valence-electron chi connectivity index (χ0n) is 8.40. The van der Waals surface area contributed by atoms with Gasteiger partial charge in [-0.2, -0.15) is 0 Å². The van der Waals surface area contributed by atoms with Crippen LogP contribution in [0.4, 0.5) is 11.4 Å². The van der Waals surface area contributed by atoms with Crippen LogP contribution in [0, 0.1) is 0 Å². The Kier molecular flexibility index (Phi) is 3.79. The molecule has 0 aromatic heterocycles. The van der Waals surface area contributed by atoms with Gasteiger partial charge in [-0.15, -0.1) is 0 Å². The number of primary sulfonamides is 1. The average molecular weight is 262 g/mol. The normalized spacial score (nSPS) is 11.1. The van der Waals surface area contributed by atoms with Gasteiger partial charge < -0.3 is 11.1 Å². The van der Waals surface area contributed by atoms with Crippen molar-refractivity contribution in [3.8, 4) is 0 Å². The summed E-state index contributed by atoms with van der Waals surface area (Å²) in [7, 11) is -3.78. The third-order valence-electron chi connectivity index (χ3n) is 1.80. The number of hydrogen-bond acceptors (Lipinski definition) is 4. The van der Waals surface area contributed by atoms with E-state index in [1.807, 2.05) is 0 Å². The van der Waals surface area contributed by atoms with Crippen molar-refractivity contribution in [2.24, 2.45) is 5.14 Å². The number of nitrogens with two attached hydrogens (primary N) is 2. The lowest BCUT2D eigenvalue weighted by Crippen LogP contribution is -2.14. The molecule has 88 valence electrons. The Bertz CT molecular complexity index is 513. The number of rotatable bonds is 4. The average Bonchev–Trinajstić information content (AvgIpc) is 2.12. The number of sulfonamides is 1. The van der Waals surface area contributed by atoms with Gasteiger partial charge in [0.15, 0.2) is 0 Å². The molecule has 5 N–H and O–H groups in total. The Morgan fingerprint density at radius 1 is 1.50 bits per heavy atom. The van der Waals surface area contributed by atoms with Gasteiger partial charge >= 0.3 is 0 Å². The Labute approximate surface area is 99.1 Å². The third-order valence-corrected chi connectivity index (χ3v) is 2.92. The van der Waals surface area contributed by atoms with Gasteiger partial charge in [0.25, 0.3) is 0 Å². The zero-order valence-corrected chi connectivity index (χ0v) is 9.98. The lowest BCUT2D eigenvalue weighted by Gasteiger charge is -2.08. The van der Waals surface area contributed by atoms with Gasteiger partial charge in [0.05, 0.1) is 12.2 Å². The molecule has 0 saturated heterocycles. The van der Waals surface area contributed by atoms with Crippen molar-refractivity contribution in [3.63, 3.8) is 0 Å². The zero-order chi connectivity index (χ0) is 12.3. The van der Waals surface area contributed by atoms with Crippen molar-refractivity contribution in [3.05, 3.63) is 29.8 Å². The molecule has 0 aliphatic rings. The first kappa shape index (κ1) is 12.8. The minimum atomic E-state index is -3.78. The molecular formula is C9H12ClN3O2S. The van der Waals surface area contributed by atoms with Crippen molar-refractivity contribution >= 4 is 33.0 Å². The molecule has 16 heavy (non-hydrogen) atoms. The minimum absolute atomic E-state index is 0.0904. The molecule has 0 bridgehead atoms. The van der Waals surface area contributed by atoms with Gasteiger partial charge in [0, 0.05) is 10.7 Å². The van der Waals surface area contributed by atoms with E-state index in [-0.39, 0.29) is 10.6 Å². The van der Waals surface area contributed by atoms with Crippen LogP contribution in [0.25, 0.3) is 0 Å². The minimum Gasteiger partial charge on any atom is -0.398 e. The van der Waals surface area contributed by atoms with Crippen LogP contribution in [-0.2, 0) is 10.0 Å². The smallest absolute Gasteiger partial charge is 0.240 e. The number of hydrogen-bond donors (Lipinski definition) is 3. The number of nitrogens with one attached hydrogen (secondary N) is 1. The molecule has 0 radical (unpaired) electrons. The second-order valence-corrected chi connectivity index (χ2v) is 5.23. The van der Waals surface area contributed by atoms with Gasteiger partial charge in [-0.25, -0.2) is 13.6 Å². The van der Waals surface area contributed by atoms with E-state index >= 15 is 0 Å². The fourth-order valence-electron chi connectivity index (χ4n) is 1.12. The Hall–Kier alpha value is -1.24. The molecule has 1 rings (SSSR count). The van der Waals surface area contributed by atoms with Crippen LogP contribution in [-0.4, -0.2) is 15.0 Å². The molecule has 1 aromatic carbocycles. The number of benzene rings is 1. The van der Waals surface area contributed by atoms with Gasteiger partial charge in [-0.05, 0) is 18.2 Å².